The van der Waals surface area contributed by atoms with Crippen molar-refractivity contribution in [3.05, 3.63) is 74.3 Å². The van der Waals surface area contributed by atoms with E-state index in [9.17, 15) is 34.6 Å². The molecule has 2 heterocycles. The number of imide groups is 1. The zero-order chi connectivity index (χ0) is 21.6. The van der Waals surface area contributed by atoms with E-state index in [0.29, 0.717) is 0 Å². The van der Waals surface area contributed by atoms with Crippen LogP contribution in [-0.4, -0.2) is 39.3 Å². The zero-order valence-corrected chi connectivity index (χ0v) is 14.8. The van der Waals surface area contributed by atoms with E-state index in [-0.39, 0.29) is 28.3 Å². The first kappa shape index (κ1) is 18.9. The third-order valence-electron chi connectivity index (χ3n) is 4.70. The number of Topliss-reactive ketones (excluding diaryl/α,β-unsaturated/α-hetero) is 1. The Hall–Kier alpha value is -4.48. The molecule has 4 rings (SSSR count). The van der Waals surface area contributed by atoms with Crippen molar-refractivity contribution in [2.45, 2.75) is 6.10 Å². The molecule has 0 saturated carbocycles. The second-order valence-corrected chi connectivity index (χ2v) is 6.40. The maximum absolute atomic E-state index is 12.9. The number of benzene rings is 2. The summed E-state index contributed by atoms with van der Waals surface area (Å²) in [5.74, 6) is -3.50. The summed E-state index contributed by atoms with van der Waals surface area (Å²) < 4.78 is 0. The number of oxime groups is 1. The Morgan fingerprint density at radius 1 is 0.900 bits per heavy atom. The molecule has 30 heavy (non-hydrogen) atoms. The van der Waals surface area contributed by atoms with E-state index < -0.39 is 39.5 Å². The molecular formula is C18H10N4O8. The van der Waals surface area contributed by atoms with Crippen LogP contribution in [0.3, 0.4) is 0 Å². The molecule has 12 heteroatoms. The summed E-state index contributed by atoms with van der Waals surface area (Å²) >= 11 is 0. The van der Waals surface area contributed by atoms with Crippen LogP contribution in [0.2, 0.25) is 0 Å². The zero-order valence-electron chi connectivity index (χ0n) is 14.8. The fourth-order valence-electron chi connectivity index (χ4n) is 3.23. The van der Waals surface area contributed by atoms with Gasteiger partial charge >= 0.3 is 0 Å². The third-order valence-corrected chi connectivity index (χ3v) is 4.70. The largest absolute Gasteiger partial charge is 0.381 e. The van der Waals surface area contributed by atoms with E-state index in [0.717, 1.165) is 29.2 Å². The summed E-state index contributed by atoms with van der Waals surface area (Å²) in [7, 11) is 0. The van der Waals surface area contributed by atoms with E-state index in [1.54, 1.807) is 0 Å². The number of hydrogen-bond donors (Lipinski definition) is 0. The molecule has 2 aliphatic heterocycles. The third kappa shape index (κ3) is 2.87. The summed E-state index contributed by atoms with van der Waals surface area (Å²) in [4.78, 5) is 64.4. The molecule has 0 bridgehead atoms. The van der Waals surface area contributed by atoms with Crippen LogP contribution in [0.25, 0.3) is 0 Å². The highest BCUT2D eigenvalue weighted by Crippen LogP contribution is 2.34. The van der Waals surface area contributed by atoms with Gasteiger partial charge < -0.3 is 4.84 Å². The number of hydrogen-bond acceptors (Lipinski definition) is 9. The van der Waals surface area contributed by atoms with Crippen LogP contribution in [0.15, 0.2) is 53.7 Å². The number of non-ortho nitro benzene ring substituents is 2. The number of anilines is 1. The van der Waals surface area contributed by atoms with Gasteiger partial charge in [-0.2, -0.15) is 0 Å². The molecule has 1 saturated heterocycles. The number of nitrogens with zero attached hydrogens (tertiary/aromatic N) is 4. The van der Waals surface area contributed by atoms with Gasteiger partial charge in [-0.25, -0.2) is 4.90 Å². The molecule has 0 unspecified atom stereocenters. The minimum absolute atomic E-state index is 0.0395. The van der Waals surface area contributed by atoms with E-state index in [4.69, 9.17) is 4.84 Å². The second-order valence-electron chi connectivity index (χ2n) is 6.40. The Kier molecular flexibility index (Phi) is 4.30. The molecule has 0 aliphatic carbocycles. The van der Waals surface area contributed by atoms with Gasteiger partial charge in [-0.15, -0.1) is 0 Å². The van der Waals surface area contributed by atoms with E-state index in [1.807, 2.05) is 0 Å². The van der Waals surface area contributed by atoms with Crippen LogP contribution in [0.1, 0.15) is 10.4 Å². The first-order valence-corrected chi connectivity index (χ1v) is 8.44. The molecule has 2 amide bonds. The van der Waals surface area contributed by atoms with Gasteiger partial charge in [-0.05, 0) is 24.3 Å². The Morgan fingerprint density at radius 2 is 1.43 bits per heavy atom. The standard InChI is InChI=1S/C18H10N4O8/c23-15(9-1-3-11(4-2-9)21(26)27)14-13-16(30-19-14)18(25)20(17(13)24)10-5-7-12(8-6-10)22(28)29/h1-8,13,16H/t13-,16-/m0/s1. The summed E-state index contributed by atoms with van der Waals surface area (Å²) in [6.07, 6.45) is -1.33. The van der Waals surface area contributed by atoms with Crippen molar-refractivity contribution >= 4 is 40.4 Å². The van der Waals surface area contributed by atoms with Crippen molar-refractivity contribution in [1.29, 1.82) is 0 Å². The van der Waals surface area contributed by atoms with Crippen molar-refractivity contribution in [2.75, 3.05) is 4.90 Å². The highest BCUT2D eigenvalue weighted by atomic mass is 16.7. The lowest BCUT2D eigenvalue weighted by Gasteiger charge is -2.14. The molecule has 2 atom stereocenters. The molecular weight excluding hydrogens is 400 g/mol. The maximum Gasteiger partial charge on any atom is 0.278 e. The van der Waals surface area contributed by atoms with Gasteiger partial charge in [0.05, 0.1) is 15.5 Å². The lowest BCUT2D eigenvalue weighted by Crippen LogP contribution is -2.34. The van der Waals surface area contributed by atoms with Crippen LogP contribution >= 0.6 is 0 Å². The SMILES string of the molecule is O=C(C1=NO[C@@H]2C(=O)N(c3ccc([N+](=O)[O-])cc3)C(=O)[C@@H]12)c1ccc([N+](=O)[O-])cc1. The van der Waals surface area contributed by atoms with Crippen LogP contribution in [-0.2, 0) is 14.4 Å². The lowest BCUT2D eigenvalue weighted by molar-refractivity contribution is -0.385. The quantitative estimate of drug-likeness (QED) is 0.311. The van der Waals surface area contributed by atoms with Crippen LogP contribution < -0.4 is 4.90 Å². The highest BCUT2D eigenvalue weighted by molar-refractivity contribution is 6.52. The average molecular weight is 410 g/mol. The predicted octanol–water partition coefficient (Wildman–Crippen LogP) is 1.63. The topological polar surface area (TPSA) is 162 Å². The number of fused-ring (bicyclic) bond motifs is 1. The minimum Gasteiger partial charge on any atom is -0.381 e. The first-order valence-electron chi connectivity index (χ1n) is 8.44. The lowest BCUT2D eigenvalue weighted by atomic mass is 9.93. The van der Waals surface area contributed by atoms with Crippen molar-refractivity contribution in [3.63, 3.8) is 0 Å². The van der Waals surface area contributed by atoms with E-state index in [1.165, 1.54) is 24.3 Å². The van der Waals surface area contributed by atoms with Crippen molar-refractivity contribution in [2.24, 2.45) is 11.1 Å². The Balaban J connectivity index is 1.60. The van der Waals surface area contributed by atoms with Gasteiger partial charge in [0.15, 0.2) is 0 Å². The Labute approximate surface area is 166 Å². The van der Waals surface area contributed by atoms with Crippen molar-refractivity contribution in [3.8, 4) is 0 Å². The van der Waals surface area contributed by atoms with Crippen LogP contribution in [0, 0.1) is 26.1 Å². The molecule has 2 aromatic carbocycles. The fraction of sp³-hybridized carbons (Fsp3) is 0.111. The monoisotopic (exact) mass is 410 g/mol. The average Bonchev–Trinajstić information content (AvgIpc) is 3.28. The van der Waals surface area contributed by atoms with Crippen LogP contribution in [0.5, 0.6) is 0 Å². The molecule has 150 valence electrons. The van der Waals surface area contributed by atoms with Gasteiger partial charge in [-0.3, -0.25) is 34.6 Å². The number of carbonyl (C=O) groups excluding carboxylic acids is 3. The number of nitro groups is 2. The maximum atomic E-state index is 12.9. The molecule has 0 aromatic heterocycles. The fourth-order valence-corrected chi connectivity index (χ4v) is 3.23. The van der Waals surface area contributed by atoms with Gasteiger partial charge in [0.25, 0.3) is 17.3 Å². The van der Waals surface area contributed by atoms with Gasteiger partial charge in [0, 0.05) is 29.8 Å². The first-order chi connectivity index (χ1) is 14.3. The Bertz CT molecular complexity index is 1140. The molecule has 1 fully saturated rings. The summed E-state index contributed by atoms with van der Waals surface area (Å²) in [5, 5.41) is 25.1. The van der Waals surface area contributed by atoms with E-state index >= 15 is 0 Å². The molecule has 12 nitrogen and oxygen atoms in total. The highest BCUT2D eigenvalue weighted by Gasteiger charge is 2.57. The van der Waals surface area contributed by atoms with Gasteiger partial charge in [0.2, 0.25) is 17.8 Å². The molecule has 0 N–H and O–H groups in total. The smallest absolute Gasteiger partial charge is 0.278 e. The molecule has 2 aromatic rings. The molecule has 0 spiro atoms. The summed E-state index contributed by atoms with van der Waals surface area (Å²) in [6, 6.07) is 9.45. The predicted molar refractivity (Wildman–Crippen MR) is 98.8 cm³/mol. The van der Waals surface area contributed by atoms with Crippen molar-refractivity contribution in [1.82, 2.24) is 0 Å². The Morgan fingerprint density at radius 3 is 1.97 bits per heavy atom. The van der Waals surface area contributed by atoms with Crippen LogP contribution in [0.4, 0.5) is 17.1 Å². The van der Waals surface area contributed by atoms with Gasteiger partial charge in [0.1, 0.15) is 11.6 Å². The normalized spacial score (nSPS) is 19.9. The molecule has 0 radical (unpaired) electrons. The number of nitro benzene ring substituents is 2. The van der Waals surface area contributed by atoms with Crippen molar-refractivity contribution < 1.29 is 29.1 Å². The van der Waals surface area contributed by atoms with Gasteiger partial charge in [-0.1, -0.05) is 5.16 Å². The molecule has 2 aliphatic rings. The number of amides is 2. The summed E-state index contributed by atoms with van der Waals surface area (Å²) in [6.45, 7) is 0. The second kappa shape index (κ2) is 6.84. The summed E-state index contributed by atoms with van der Waals surface area (Å²) in [5.41, 5.74) is -0.597. The number of ketones is 1. The number of rotatable bonds is 5. The van der Waals surface area contributed by atoms with E-state index in [2.05, 4.69) is 5.16 Å². The number of carbonyl (C=O) groups is 3. The minimum atomic E-state index is -1.33.